The van der Waals surface area contributed by atoms with Gasteiger partial charge in [0, 0.05) is 19.0 Å². The van der Waals surface area contributed by atoms with Crippen LogP contribution in [0, 0.1) is 11.3 Å². The van der Waals surface area contributed by atoms with Gasteiger partial charge in [0.2, 0.25) is 5.67 Å². The molecule has 0 radical (unpaired) electrons. The molecule has 1 saturated heterocycles. The molecule has 3 rings (SSSR count). The highest BCUT2D eigenvalue weighted by atomic mass is 19.1. The van der Waals surface area contributed by atoms with Crippen molar-refractivity contribution in [3.8, 4) is 6.07 Å². The fraction of sp³-hybridized carbons (Fsp3) is 0.500. The Bertz CT molecular complexity index is 581. The Morgan fingerprint density at radius 2 is 2.35 bits per heavy atom. The predicted molar refractivity (Wildman–Crippen MR) is 70.8 cm³/mol. The van der Waals surface area contributed by atoms with E-state index < -0.39 is 11.6 Å². The lowest BCUT2D eigenvalue weighted by Gasteiger charge is -2.21. The van der Waals surface area contributed by atoms with Gasteiger partial charge >= 0.3 is 0 Å². The number of amides is 1. The molecule has 5 nitrogen and oxygen atoms in total. The second-order valence-electron chi connectivity index (χ2n) is 5.38. The fourth-order valence-electron chi connectivity index (χ4n) is 2.36. The number of aromatic nitrogens is 1. The molecule has 1 aliphatic carbocycles. The number of rotatable bonds is 3. The molecule has 1 aliphatic heterocycles. The zero-order valence-electron chi connectivity index (χ0n) is 11.0. The summed E-state index contributed by atoms with van der Waals surface area (Å²) in [6.07, 6.45) is 2.04. The average Bonchev–Trinajstić information content (AvgIpc) is 3.18. The summed E-state index contributed by atoms with van der Waals surface area (Å²) in [6.45, 7) is 0.421. The van der Waals surface area contributed by atoms with E-state index in [0.717, 1.165) is 12.8 Å². The lowest BCUT2D eigenvalue weighted by Crippen LogP contribution is -2.46. The lowest BCUT2D eigenvalue weighted by atomic mass is 10.1. The molecule has 1 N–H and O–H groups in total. The maximum atomic E-state index is 14.7. The minimum absolute atomic E-state index is 0.00651. The number of hydrogen-bond donors (Lipinski definition) is 1. The monoisotopic (exact) mass is 274 g/mol. The van der Waals surface area contributed by atoms with Crippen LogP contribution in [0.5, 0.6) is 0 Å². The van der Waals surface area contributed by atoms with E-state index in [4.69, 9.17) is 5.26 Å². The minimum atomic E-state index is -1.85. The topological polar surface area (TPSA) is 69.0 Å². The predicted octanol–water partition coefficient (Wildman–Crippen LogP) is 1.15. The van der Waals surface area contributed by atoms with Crippen molar-refractivity contribution in [1.82, 2.24) is 10.3 Å². The van der Waals surface area contributed by atoms with Crippen molar-refractivity contribution in [2.45, 2.75) is 31.0 Å². The van der Waals surface area contributed by atoms with Crippen LogP contribution in [0.1, 0.15) is 25.0 Å². The van der Waals surface area contributed by atoms with E-state index in [1.165, 1.54) is 0 Å². The molecule has 1 aromatic heterocycles. The number of halogens is 1. The largest absolute Gasteiger partial charge is 0.353 e. The van der Waals surface area contributed by atoms with Gasteiger partial charge in [0.1, 0.15) is 17.6 Å². The van der Waals surface area contributed by atoms with Crippen LogP contribution < -0.4 is 10.2 Å². The Kier molecular flexibility index (Phi) is 3.05. The summed E-state index contributed by atoms with van der Waals surface area (Å²) in [7, 11) is 0. The zero-order chi connectivity index (χ0) is 14.2. The molecule has 1 saturated carbocycles. The first-order chi connectivity index (χ1) is 9.60. The maximum absolute atomic E-state index is 14.7. The Morgan fingerprint density at radius 3 is 3.05 bits per heavy atom. The minimum Gasteiger partial charge on any atom is -0.353 e. The van der Waals surface area contributed by atoms with Crippen LogP contribution in [0.4, 0.5) is 10.2 Å². The van der Waals surface area contributed by atoms with Gasteiger partial charge in [-0.2, -0.15) is 5.26 Å². The van der Waals surface area contributed by atoms with Crippen molar-refractivity contribution in [1.29, 1.82) is 5.26 Å². The quantitative estimate of drug-likeness (QED) is 0.897. The molecule has 1 aromatic rings. The molecular weight excluding hydrogens is 259 g/mol. The lowest BCUT2D eigenvalue weighted by molar-refractivity contribution is -0.131. The van der Waals surface area contributed by atoms with Crippen LogP contribution in [-0.2, 0) is 4.79 Å². The number of carbonyl (C=O) groups is 1. The molecular formula is C14H15FN4O. The van der Waals surface area contributed by atoms with Crippen LogP contribution in [0.15, 0.2) is 18.2 Å². The van der Waals surface area contributed by atoms with E-state index in [0.29, 0.717) is 18.1 Å². The third-order valence-corrected chi connectivity index (χ3v) is 3.71. The van der Waals surface area contributed by atoms with Crippen LogP contribution in [0.2, 0.25) is 0 Å². The third kappa shape index (κ3) is 2.44. The highest BCUT2D eigenvalue weighted by molar-refractivity contribution is 5.87. The third-order valence-electron chi connectivity index (χ3n) is 3.71. The van der Waals surface area contributed by atoms with Gasteiger partial charge in [-0.3, -0.25) is 4.79 Å². The smallest absolute Gasteiger partial charge is 0.259 e. The van der Waals surface area contributed by atoms with Gasteiger partial charge in [-0.05, 0) is 25.0 Å². The van der Waals surface area contributed by atoms with E-state index in [9.17, 15) is 9.18 Å². The van der Waals surface area contributed by atoms with E-state index in [1.54, 1.807) is 23.1 Å². The van der Waals surface area contributed by atoms with Crippen molar-refractivity contribution < 1.29 is 9.18 Å². The summed E-state index contributed by atoms with van der Waals surface area (Å²) in [5, 5.41) is 11.6. The fourth-order valence-corrected chi connectivity index (χ4v) is 2.36. The number of nitrogens with one attached hydrogen (secondary N) is 1. The SMILES string of the molecule is N#Cc1cccc(N2CCC(F)(C(=O)NC3CC3)C2)n1. The van der Waals surface area contributed by atoms with Gasteiger partial charge in [-0.25, -0.2) is 9.37 Å². The number of pyridine rings is 1. The highest BCUT2D eigenvalue weighted by Crippen LogP contribution is 2.30. The molecule has 1 amide bonds. The molecule has 1 atom stereocenters. The average molecular weight is 274 g/mol. The Labute approximate surface area is 116 Å². The second-order valence-corrected chi connectivity index (χ2v) is 5.38. The second kappa shape index (κ2) is 4.75. The van der Waals surface area contributed by atoms with Crippen LogP contribution >= 0.6 is 0 Å². The Morgan fingerprint density at radius 1 is 1.55 bits per heavy atom. The van der Waals surface area contributed by atoms with Crippen LogP contribution in [-0.4, -0.2) is 35.7 Å². The van der Waals surface area contributed by atoms with Gasteiger partial charge in [0.25, 0.3) is 5.91 Å². The number of nitriles is 1. The molecule has 0 spiro atoms. The van der Waals surface area contributed by atoms with E-state index in [1.807, 2.05) is 6.07 Å². The summed E-state index contributed by atoms with van der Waals surface area (Å²) in [5.41, 5.74) is -1.56. The van der Waals surface area contributed by atoms with Crippen molar-refractivity contribution in [2.75, 3.05) is 18.0 Å². The van der Waals surface area contributed by atoms with Gasteiger partial charge in [0.15, 0.2) is 0 Å². The first-order valence-corrected chi connectivity index (χ1v) is 6.73. The Balaban J connectivity index is 1.71. The summed E-state index contributed by atoms with van der Waals surface area (Å²) in [4.78, 5) is 17.8. The van der Waals surface area contributed by atoms with Gasteiger partial charge in [0.05, 0.1) is 6.54 Å². The summed E-state index contributed by atoms with van der Waals surface area (Å²) in [6, 6.07) is 7.15. The molecule has 0 aromatic carbocycles. The number of anilines is 1. The van der Waals surface area contributed by atoms with Gasteiger partial charge in [-0.15, -0.1) is 0 Å². The standard InChI is InChI=1S/C14H15FN4O/c15-14(13(20)18-10-4-5-10)6-7-19(9-14)12-3-1-2-11(8-16)17-12/h1-3,10H,4-7,9H2,(H,18,20). The van der Waals surface area contributed by atoms with E-state index >= 15 is 0 Å². The van der Waals surface area contributed by atoms with Crippen LogP contribution in [0.3, 0.4) is 0 Å². The maximum Gasteiger partial charge on any atom is 0.259 e. The van der Waals surface area contributed by atoms with E-state index in [2.05, 4.69) is 10.3 Å². The first kappa shape index (κ1) is 12.9. The van der Waals surface area contributed by atoms with Gasteiger partial charge in [-0.1, -0.05) is 6.07 Å². The number of hydrogen-bond acceptors (Lipinski definition) is 4. The molecule has 0 bridgehead atoms. The van der Waals surface area contributed by atoms with Crippen molar-refractivity contribution >= 4 is 11.7 Å². The first-order valence-electron chi connectivity index (χ1n) is 6.73. The summed E-state index contributed by atoms with van der Waals surface area (Å²) < 4.78 is 14.7. The van der Waals surface area contributed by atoms with Crippen molar-refractivity contribution in [2.24, 2.45) is 0 Å². The molecule has 20 heavy (non-hydrogen) atoms. The zero-order valence-corrected chi connectivity index (χ0v) is 11.0. The molecule has 104 valence electrons. The molecule has 1 unspecified atom stereocenters. The molecule has 6 heteroatoms. The highest BCUT2D eigenvalue weighted by Gasteiger charge is 2.46. The Hall–Kier alpha value is -2.16. The molecule has 2 heterocycles. The van der Waals surface area contributed by atoms with Gasteiger partial charge < -0.3 is 10.2 Å². The molecule has 2 aliphatic rings. The number of nitrogens with zero attached hydrogens (tertiary/aromatic N) is 3. The summed E-state index contributed by atoms with van der Waals surface area (Å²) in [5.74, 6) is 0.0294. The number of alkyl halides is 1. The number of carbonyl (C=O) groups excluding carboxylic acids is 1. The van der Waals surface area contributed by atoms with Crippen molar-refractivity contribution in [3.63, 3.8) is 0 Å². The summed E-state index contributed by atoms with van der Waals surface area (Å²) >= 11 is 0. The normalized spacial score (nSPS) is 25.3. The van der Waals surface area contributed by atoms with E-state index in [-0.39, 0.29) is 19.0 Å². The van der Waals surface area contributed by atoms with Crippen LogP contribution in [0.25, 0.3) is 0 Å². The van der Waals surface area contributed by atoms with Crippen molar-refractivity contribution in [3.05, 3.63) is 23.9 Å². The molecule has 2 fully saturated rings.